The van der Waals surface area contributed by atoms with Gasteiger partial charge in [0.2, 0.25) is 0 Å². The Bertz CT molecular complexity index is 250. The summed E-state index contributed by atoms with van der Waals surface area (Å²) in [6, 6.07) is -0.953. The summed E-state index contributed by atoms with van der Waals surface area (Å²) < 4.78 is 0. The van der Waals surface area contributed by atoms with Crippen molar-refractivity contribution >= 4 is 12.0 Å². The molecule has 1 saturated carbocycles. The lowest BCUT2D eigenvalue weighted by Gasteiger charge is -2.12. The van der Waals surface area contributed by atoms with Gasteiger partial charge in [-0.15, -0.1) is 0 Å². The average molecular weight is 184 g/mol. The first-order valence-electron chi connectivity index (χ1n) is 4.45. The number of carboxylic acid groups (broad SMARTS) is 1. The van der Waals surface area contributed by atoms with Crippen LogP contribution < -0.4 is 5.32 Å². The predicted octanol–water partition coefficient (Wildman–Crippen LogP) is -0.125. The molecule has 1 saturated heterocycles. The van der Waals surface area contributed by atoms with Crippen LogP contribution in [0.4, 0.5) is 4.79 Å². The van der Waals surface area contributed by atoms with Gasteiger partial charge in [0, 0.05) is 6.54 Å². The quantitative estimate of drug-likeness (QED) is 0.642. The lowest BCUT2D eigenvalue weighted by atomic mass is 10.3. The molecule has 2 aliphatic rings. The highest BCUT2D eigenvalue weighted by Crippen LogP contribution is 2.30. The molecule has 0 spiro atoms. The van der Waals surface area contributed by atoms with E-state index >= 15 is 0 Å². The van der Waals surface area contributed by atoms with Gasteiger partial charge >= 0.3 is 12.0 Å². The molecule has 5 heteroatoms. The van der Waals surface area contributed by atoms with Crippen LogP contribution in [0.5, 0.6) is 0 Å². The maximum absolute atomic E-state index is 11.2. The largest absolute Gasteiger partial charge is 0.480 e. The standard InChI is InChI=1S/C8H12N2O3/c11-7(12)6-4-10(8(13)9-6)3-5-1-2-5/h5-6H,1-4H2,(H,9,13)(H,11,12). The minimum absolute atomic E-state index is 0.237. The monoisotopic (exact) mass is 184 g/mol. The first kappa shape index (κ1) is 8.34. The summed E-state index contributed by atoms with van der Waals surface area (Å²) >= 11 is 0. The lowest BCUT2D eigenvalue weighted by molar-refractivity contribution is -0.138. The predicted molar refractivity (Wildman–Crippen MR) is 44.3 cm³/mol. The summed E-state index contributed by atoms with van der Waals surface area (Å²) in [5, 5.41) is 11.1. The minimum atomic E-state index is -0.952. The minimum Gasteiger partial charge on any atom is -0.480 e. The van der Waals surface area contributed by atoms with Crippen LogP contribution in [0.1, 0.15) is 12.8 Å². The van der Waals surface area contributed by atoms with Crippen molar-refractivity contribution in [3.05, 3.63) is 0 Å². The summed E-state index contributed by atoms with van der Waals surface area (Å²) in [4.78, 5) is 23.4. The van der Waals surface area contributed by atoms with E-state index in [-0.39, 0.29) is 6.03 Å². The number of carboxylic acids is 1. The van der Waals surface area contributed by atoms with Crippen LogP contribution in [-0.4, -0.2) is 41.1 Å². The summed E-state index contributed by atoms with van der Waals surface area (Å²) in [5.74, 6) is -0.343. The van der Waals surface area contributed by atoms with Gasteiger partial charge in [-0.05, 0) is 18.8 Å². The Morgan fingerprint density at radius 3 is 2.77 bits per heavy atom. The fraction of sp³-hybridized carbons (Fsp3) is 0.750. The van der Waals surface area contributed by atoms with Crippen molar-refractivity contribution in [1.29, 1.82) is 0 Å². The summed E-state index contributed by atoms with van der Waals surface area (Å²) in [5.41, 5.74) is 0. The molecular weight excluding hydrogens is 172 g/mol. The van der Waals surface area contributed by atoms with Crippen LogP contribution >= 0.6 is 0 Å². The van der Waals surface area contributed by atoms with Crippen LogP contribution in [0.2, 0.25) is 0 Å². The summed E-state index contributed by atoms with van der Waals surface area (Å²) in [6.45, 7) is 1.03. The average Bonchev–Trinajstić information content (AvgIpc) is 2.78. The molecule has 0 aromatic carbocycles. The third-order valence-electron chi connectivity index (χ3n) is 2.46. The first-order chi connectivity index (χ1) is 6.16. The molecule has 0 bridgehead atoms. The molecule has 0 aromatic heterocycles. The van der Waals surface area contributed by atoms with Crippen LogP contribution in [0.3, 0.4) is 0 Å². The molecule has 2 N–H and O–H groups in total. The van der Waals surface area contributed by atoms with Gasteiger partial charge in [-0.2, -0.15) is 0 Å². The number of carbonyl (C=O) groups excluding carboxylic acids is 1. The summed E-state index contributed by atoms with van der Waals surface area (Å²) in [6.07, 6.45) is 2.34. The number of hydrogen-bond acceptors (Lipinski definition) is 2. The van der Waals surface area contributed by atoms with Crippen molar-refractivity contribution in [3.8, 4) is 0 Å². The number of hydrogen-bond donors (Lipinski definition) is 2. The molecule has 2 fully saturated rings. The Labute approximate surface area is 75.7 Å². The van der Waals surface area contributed by atoms with Crippen LogP contribution in [0, 0.1) is 5.92 Å². The molecule has 13 heavy (non-hydrogen) atoms. The zero-order valence-corrected chi connectivity index (χ0v) is 7.19. The topological polar surface area (TPSA) is 69.6 Å². The van der Waals surface area contributed by atoms with E-state index in [1.165, 1.54) is 12.8 Å². The van der Waals surface area contributed by atoms with E-state index in [4.69, 9.17) is 5.11 Å². The van der Waals surface area contributed by atoms with E-state index in [1.807, 2.05) is 0 Å². The fourth-order valence-electron chi connectivity index (χ4n) is 1.50. The highest BCUT2D eigenvalue weighted by molar-refractivity contribution is 5.86. The number of rotatable bonds is 3. The third kappa shape index (κ3) is 1.74. The van der Waals surface area contributed by atoms with Gasteiger partial charge in [0.1, 0.15) is 6.04 Å². The van der Waals surface area contributed by atoms with E-state index < -0.39 is 12.0 Å². The normalized spacial score (nSPS) is 27.5. The molecular formula is C8H12N2O3. The van der Waals surface area contributed by atoms with Gasteiger partial charge in [-0.25, -0.2) is 9.59 Å². The molecule has 2 rings (SSSR count). The highest BCUT2D eigenvalue weighted by atomic mass is 16.4. The van der Waals surface area contributed by atoms with E-state index in [0.29, 0.717) is 12.5 Å². The SMILES string of the molecule is O=C(O)C1CN(CC2CC2)C(=O)N1. The zero-order valence-electron chi connectivity index (χ0n) is 7.19. The maximum atomic E-state index is 11.2. The molecule has 1 aliphatic carbocycles. The molecule has 1 atom stereocenters. The van der Waals surface area contributed by atoms with Crippen molar-refractivity contribution in [1.82, 2.24) is 10.2 Å². The van der Waals surface area contributed by atoms with Crippen molar-refractivity contribution in [3.63, 3.8) is 0 Å². The van der Waals surface area contributed by atoms with Crippen LogP contribution in [0.25, 0.3) is 0 Å². The number of nitrogens with zero attached hydrogens (tertiary/aromatic N) is 1. The smallest absolute Gasteiger partial charge is 0.328 e. The first-order valence-corrected chi connectivity index (χ1v) is 4.45. The Balaban J connectivity index is 1.90. The third-order valence-corrected chi connectivity index (χ3v) is 2.46. The Kier molecular flexibility index (Phi) is 1.86. The number of aliphatic carboxylic acids is 1. The fourth-order valence-corrected chi connectivity index (χ4v) is 1.50. The van der Waals surface area contributed by atoms with Crippen molar-refractivity contribution in [2.75, 3.05) is 13.1 Å². The van der Waals surface area contributed by atoms with Crippen molar-refractivity contribution in [2.45, 2.75) is 18.9 Å². The maximum Gasteiger partial charge on any atom is 0.328 e. The molecule has 0 radical (unpaired) electrons. The van der Waals surface area contributed by atoms with Crippen molar-refractivity contribution < 1.29 is 14.7 Å². The second-order valence-electron chi connectivity index (χ2n) is 3.69. The summed E-state index contributed by atoms with van der Waals surface area (Å²) in [7, 11) is 0. The van der Waals surface area contributed by atoms with E-state index in [1.54, 1.807) is 4.90 Å². The van der Waals surface area contributed by atoms with Crippen LogP contribution in [-0.2, 0) is 4.79 Å². The second-order valence-corrected chi connectivity index (χ2v) is 3.69. The molecule has 1 heterocycles. The molecule has 0 aromatic rings. The van der Waals surface area contributed by atoms with E-state index in [0.717, 1.165) is 6.54 Å². The number of amides is 2. The molecule has 5 nitrogen and oxygen atoms in total. The number of nitrogens with one attached hydrogen (secondary N) is 1. The van der Waals surface area contributed by atoms with Gasteiger partial charge in [0.15, 0.2) is 0 Å². The zero-order chi connectivity index (χ0) is 9.42. The van der Waals surface area contributed by atoms with Gasteiger partial charge in [0.05, 0.1) is 6.54 Å². The Morgan fingerprint density at radius 2 is 2.31 bits per heavy atom. The van der Waals surface area contributed by atoms with E-state index in [2.05, 4.69) is 5.32 Å². The molecule has 1 unspecified atom stereocenters. The van der Waals surface area contributed by atoms with Crippen molar-refractivity contribution in [2.24, 2.45) is 5.92 Å². The Morgan fingerprint density at radius 1 is 1.62 bits per heavy atom. The molecule has 2 amide bonds. The van der Waals surface area contributed by atoms with Gasteiger partial charge < -0.3 is 15.3 Å². The second kappa shape index (κ2) is 2.90. The van der Waals surface area contributed by atoms with Gasteiger partial charge in [-0.1, -0.05) is 0 Å². The number of carbonyl (C=O) groups is 2. The van der Waals surface area contributed by atoms with Gasteiger partial charge in [0.25, 0.3) is 0 Å². The lowest BCUT2D eigenvalue weighted by Crippen LogP contribution is -2.34. The Hall–Kier alpha value is -1.26. The van der Waals surface area contributed by atoms with Crippen LogP contribution in [0.15, 0.2) is 0 Å². The molecule has 1 aliphatic heterocycles. The molecule has 72 valence electrons. The van der Waals surface area contributed by atoms with Gasteiger partial charge in [-0.3, -0.25) is 0 Å². The van der Waals surface area contributed by atoms with E-state index in [9.17, 15) is 9.59 Å². The highest BCUT2D eigenvalue weighted by Gasteiger charge is 2.36. The number of urea groups is 1.